The first-order valence-electron chi connectivity index (χ1n) is 5.18. The minimum Gasteiger partial charge on any atom is -0.516 e. The van der Waals surface area contributed by atoms with E-state index in [0.29, 0.717) is 6.61 Å². The second-order valence-electron chi connectivity index (χ2n) is 3.44. The van der Waals surface area contributed by atoms with Gasteiger partial charge >= 0.3 is 0 Å². The summed E-state index contributed by atoms with van der Waals surface area (Å²) in [6.07, 6.45) is 7.43. The Bertz CT molecular complexity index is 130. The van der Waals surface area contributed by atoms with E-state index in [4.69, 9.17) is 9.84 Å². The van der Waals surface area contributed by atoms with Gasteiger partial charge in [0, 0.05) is 6.61 Å². The summed E-state index contributed by atoms with van der Waals surface area (Å²) in [6.45, 7) is 5.45. The predicted octanol–water partition coefficient (Wildman–Crippen LogP) is 3.44. The zero-order valence-corrected chi connectivity index (χ0v) is 8.88. The number of unbranched alkanes of at least 4 members (excludes halogenated alkanes) is 4. The number of aliphatic hydroxyl groups is 1. The van der Waals surface area contributed by atoms with Gasteiger partial charge in [-0.2, -0.15) is 0 Å². The fraction of sp³-hybridized carbons (Fsp3) is 0.818. The summed E-state index contributed by atoms with van der Waals surface area (Å²) in [5.41, 5.74) is 0.883. The Kier molecular flexibility index (Phi) is 9.22. The highest BCUT2D eigenvalue weighted by atomic mass is 16.5. The highest BCUT2D eigenvalue weighted by molar-refractivity contribution is 4.91. The maximum Gasteiger partial charge on any atom is 0.0803 e. The molecule has 78 valence electrons. The third-order valence-corrected chi connectivity index (χ3v) is 1.94. The zero-order chi connectivity index (χ0) is 9.94. The quantitative estimate of drug-likeness (QED) is 0.465. The molecule has 0 aliphatic heterocycles. The predicted molar refractivity (Wildman–Crippen MR) is 56.0 cm³/mol. The van der Waals surface area contributed by atoms with Crippen LogP contribution in [0.4, 0.5) is 0 Å². The Balaban J connectivity index is 3.00. The van der Waals surface area contributed by atoms with Gasteiger partial charge in [-0.1, -0.05) is 32.6 Å². The van der Waals surface area contributed by atoms with Crippen LogP contribution in [-0.2, 0) is 4.74 Å². The lowest BCUT2D eigenvalue weighted by Crippen LogP contribution is -1.98. The van der Waals surface area contributed by atoms with Crippen LogP contribution in [0.3, 0.4) is 0 Å². The number of hydrogen-bond donors (Lipinski definition) is 1. The molecule has 0 aliphatic rings. The molecule has 2 heteroatoms. The average Bonchev–Trinajstić information content (AvgIpc) is 2.16. The second kappa shape index (κ2) is 9.59. The summed E-state index contributed by atoms with van der Waals surface area (Å²) in [7, 11) is 0. The van der Waals surface area contributed by atoms with Gasteiger partial charge in [0.2, 0.25) is 0 Å². The van der Waals surface area contributed by atoms with Crippen molar-refractivity contribution in [3.63, 3.8) is 0 Å². The van der Waals surface area contributed by atoms with E-state index in [1.54, 1.807) is 0 Å². The van der Waals surface area contributed by atoms with Gasteiger partial charge in [0.15, 0.2) is 0 Å². The maximum absolute atomic E-state index is 8.57. The van der Waals surface area contributed by atoms with Crippen molar-refractivity contribution in [1.29, 1.82) is 0 Å². The molecule has 0 aromatic carbocycles. The van der Waals surface area contributed by atoms with E-state index >= 15 is 0 Å². The van der Waals surface area contributed by atoms with Crippen LogP contribution in [0.15, 0.2) is 11.8 Å². The van der Waals surface area contributed by atoms with Gasteiger partial charge in [-0.05, 0) is 18.9 Å². The van der Waals surface area contributed by atoms with Crippen LogP contribution in [0.1, 0.15) is 46.0 Å². The van der Waals surface area contributed by atoms with Gasteiger partial charge in [0.05, 0.1) is 12.9 Å². The van der Waals surface area contributed by atoms with Gasteiger partial charge in [-0.3, -0.25) is 0 Å². The van der Waals surface area contributed by atoms with Crippen LogP contribution in [0.5, 0.6) is 0 Å². The summed E-state index contributed by atoms with van der Waals surface area (Å²) in [4.78, 5) is 0. The maximum atomic E-state index is 8.57. The molecule has 0 unspecified atom stereocenters. The molecule has 2 nitrogen and oxygen atoms in total. The fourth-order valence-corrected chi connectivity index (χ4v) is 1.08. The lowest BCUT2D eigenvalue weighted by molar-refractivity contribution is 0.149. The van der Waals surface area contributed by atoms with Gasteiger partial charge in [0.25, 0.3) is 0 Å². The van der Waals surface area contributed by atoms with Crippen LogP contribution in [-0.4, -0.2) is 18.3 Å². The third kappa shape index (κ3) is 9.41. The molecule has 0 amide bonds. The summed E-state index contributed by atoms with van der Waals surface area (Å²) in [6, 6.07) is 0. The van der Waals surface area contributed by atoms with Gasteiger partial charge < -0.3 is 9.84 Å². The van der Waals surface area contributed by atoms with E-state index in [2.05, 4.69) is 6.92 Å². The van der Waals surface area contributed by atoms with Crippen molar-refractivity contribution in [2.45, 2.75) is 46.0 Å². The van der Waals surface area contributed by atoms with E-state index in [1.165, 1.54) is 25.7 Å². The summed E-state index contributed by atoms with van der Waals surface area (Å²) in [5, 5.41) is 8.57. The Morgan fingerprint density at radius 2 is 1.92 bits per heavy atom. The van der Waals surface area contributed by atoms with Crippen LogP contribution in [0, 0.1) is 0 Å². The Morgan fingerprint density at radius 3 is 2.54 bits per heavy atom. The van der Waals surface area contributed by atoms with Crippen molar-refractivity contribution in [3.05, 3.63) is 11.8 Å². The SMILES string of the molecule is CCCCCCCOCC(C)=CO. The van der Waals surface area contributed by atoms with Crippen LogP contribution in [0.25, 0.3) is 0 Å². The Labute approximate surface area is 81.6 Å². The molecular formula is C11H22O2. The fourth-order valence-electron chi connectivity index (χ4n) is 1.08. The van der Waals surface area contributed by atoms with E-state index in [9.17, 15) is 0 Å². The average molecular weight is 186 g/mol. The molecule has 0 atom stereocenters. The molecule has 0 saturated carbocycles. The van der Waals surface area contributed by atoms with E-state index < -0.39 is 0 Å². The topological polar surface area (TPSA) is 29.5 Å². The van der Waals surface area contributed by atoms with Gasteiger partial charge in [-0.15, -0.1) is 0 Å². The van der Waals surface area contributed by atoms with Crippen LogP contribution < -0.4 is 0 Å². The zero-order valence-electron chi connectivity index (χ0n) is 8.88. The molecule has 0 saturated heterocycles. The smallest absolute Gasteiger partial charge is 0.0803 e. The summed E-state index contributed by atoms with van der Waals surface area (Å²) >= 11 is 0. The van der Waals surface area contributed by atoms with Crippen molar-refractivity contribution in [3.8, 4) is 0 Å². The minimum atomic E-state index is 0.560. The number of rotatable bonds is 8. The molecule has 0 aromatic heterocycles. The highest BCUT2D eigenvalue weighted by Crippen LogP contribution is 2.02. The lowest BCUT2D eigenvalue weighted by atomic mass is 10.2. The molecular weight excluding hydrogens is 164 g/mol. The second-order valence-corrected chi connectivity index (χ2v) is 3.44. The minimum absolute atomic E-state index is 0.560. The normalized spacial score (nSPS) is 12.0. The number of aliphatic hydroxyl groups excluding tert-OH is 1. The first-order valence-corrected chi connectivity index (χ1v) is 5.18. The van der Waals surface area contributed by atoms with Crippen molar-refractivity contribution in [1.82, 2.24) is 0 Å². The first kappa shape index (κ1) is 12.5. The molecule has 0 spiro atoms. The van der Waals surface area contributed by atoms with E-state index in [-0.39, 0.29) is 0 Å². The molecule has 0 heterocycles. The molecule has 0 fully saturated rings. The Morgan fingerprint density at radius 1 is 1.23 bits per heavy atom. The molecule has 1 N–H and O–H groups in total. The van der Waals surface area contributed by atoms with Crippen LogP contribution >= 0.6 is 0 Å². The molecule has 0 aromatic rings. The van der Waals surface area contributed by atoms with Crippen molar-refractivity contribution < 1.29 is 9.84 Å². The summed E-state index contributed by atoms with van der Waals surface area (Å²) in [5.74, 6) is 0. The molecule has 0 bridgehead atoms. The largest absolute Gasteiger partial charge is 0.516 e. The molecule has 0 rings (SSSR count). The highest BCUT2D eigenvalue weighted by Gasteiger charge is 1.91. The molecule has 0 aliphatic carbocycles. The Hall–Kier alpha value is -0.500. The molecule has 0 radical (unpaired) electrons. The van der Waals surface area contributed by atoms with Gasteiger partial charge in [0.1, 0.15) is 0 Å². The molecule has 13 heavy (non-hydrogen) atoms. The van der Waals surface area contributed by atoms with Crippen molar-refractivity contribution in [2.24, 2.45) is 0 Å². The first-order chi connectivity index (χ1) is 6.31. The lowest BCUT2D eigenvalue weighted by Gasteiger charge is -2.03. The monoisotopic (exact) mass is 186 g/mol. The van der Waals surface area contributed by atoms with E-state index in [0.717, 1.165) is 24.9 Å². The number of hydrogen-bond acceptors (Lipinski definition) is 2. The number of ether oxygens (including phenoxy) is 1. The third-order valence-electron chi connectivity index (χ3n) is 1.94. The standard InChI is InChI=1S/C11H22O2/c1-3-4-5-6-7-8-13-10-11(2)9-12/h9,12H,3-8,10H2,1-2H3. The van der Waals surface area contributed by atoms with Crippen molar-refractivity contribution >= 4 is 0 Å². The van der Waals surface area contributed by atoms with E-state index in [1.807, 2.05) is 6.92 Å². The van der Waals surface area contributed by atoms with Gasteiger partial charge in [-0.25, -0.2) is 0 Å². The van der Waals surface area contributed by atoms with Crippen molar-refractivity contribution in [2.75, 3.05) is 13.2 Å². The van der Waals surface area contributed by atoms with Crippen LogP contribution in [0.2, 0.25) is 0 Å². The summed E-state index contributed by atoms with van der Waals surface area (Å²) < 4.78 is 5.34.